The molecule has 0 aromatic heterocycles. The molecule has 0 unspecified atom stereocenters. The molecule has 0 heterocycles. The summed E-state index contributed by atoms with van der Waals surface area (Å²) in [7, 11) is 0. The van der Waals surface area contributed by atoms with Crippen LogP contribution in [0.5, 0.6) is 11.5 Å². The minimum Gasteiger partial charge on any atom is -0.504 e. The zero-order valence-electron chi connectivity index (χ0n) is 8.64. The van der Waals surface area contributed by atoms with Gasteiger partial charge in [0, 0.05) is 6.92 Å². The highest BCUT2D eigenvalue weighted by atomic mass is 35.5. The maximum atomic E-state index is 12.2. The van der Waals surface area contributed by atoms with Gasteiger partial charge in [-0.15, -0.1) is 12.4 Å². The summed E-state index contributed by atoms with van der Waals surface area (Å²) in [6, 6.07) is 3.38. The molecule has 1 atom stereocenters. The van der Waals surface area contributed by atoms with Crippen molar-refractivity contribution in [2.45, 2.75) is 13.0 Å². The lowest BCUT2D eigenvalue weighted by Crippen LogP contribution is -2.12. The van der Waals surface area contributed by atoms with Gasteiger partial charge >= 0.3 is 5.97 Å². The van der Waals surface area contributed by atoms with Gasteiger partial charge in [-0.2, -0.15) is 0 Å². The van der Waals surface area contributed by atoms with E-state index in [9.17, 15) is 14.3 Å². The summed E-state index contributed by atoms with van der Waals surface area (Å²) in [6.07, 6.45) is 0. The van der Waals surface area contributed by atoms with Crippen molar-refractivity contribution in [1.82, 2.24) is 0 Å². The Balaban J connectivity index is 0.00000225. The van der Waals surface area contributed by atoms with Gasteiger partial charge in [-0.1, -0.05) is 6.07 Å². The average molecular weight is 250 g/mol. The molecular formula is C10H13ClFNO3. The van der Waals surface area contributed by atoms with E-state index < -0.39 is 18.7 Å². The quantitative estimate of drug-likeness (QED) is 0.632. The van der Waals surface area contributed by atoms with E-state index in [1.807, 2.05) is 0 Å². The van der Waals surface area contributed by atoms with Crippen LogP contribution in [0.1, 0.15) is 18.5 Å². The van der Waals surface area contributed by atoms with Crippen molar-refractivity contribution < 1.29 is 19.0 Å². The van der Waals surface area contributed by atoms with E-state index >= 15 is 0 Å². The molecule has 0 aliphatic carbocycles. The molecule has 4 nitrogen and oxygen atoms in total. The van der Waals surface area contributed by atoms with Crippen LogP contribution in [0.15, 0.2) is 18.2 Å². The van der Waals surface area contributed by atoms with Gasteiger partial charge in [0.1, 0.15) is 6.67 Å². The van der Waals surface area contributed by atoms with Gasteiger partial charge in [-0.3, -0.25) is 4.79 Å². The fourth-order valence-corrected chi connectivity index (χ4v) is 1.10. The maximum Gasteiger partial charge on any atom is 0.308 e. The highest BCUT2D eigenvalue weighted by molar-refractivity contribution is 5.85. The van der Waals surface area contributed by atoms with Crippen LogP contribution in [0, 0.1) is 0 Å². The SMILES string of the molecule is CC(=O)Oc1ccc([C@@H](N)CF)cc1O.Cl. The Morgan fingerprint density at radius 2 is 2.25 bits per heavy atom. The van der Waals surface area contributed by atoms with E-state index in [0.29, 0.717) is 5.56 Å². The highest BCUT2D eigenvalue weighted by Gasteiger charge is 2.10. The Hall–Kier alpha value is -1.33. The highest BCUT2D eigenvalue weighted by Crippen LogP contribution is 2.28. The Bertz CT molecular complexity index is 373. The van der Waals surface area contributed by atoms with Crippen LogP contribution in [0.3, 0.4) is 0 Å². The van der Waals surface area contributed by atoms with Gasteiger partial charge in [-0.25, -0.2) is 4.39 Å². The maximum absolute atomic E-state index is 12.2. The molecule has 16 heavy (non-hydrogen) atoms. The van der Waals surface area contributed by atoms with Crippen LogP contribution in [0.25, 0.3) is 0 Å². The molecule has 0 saturated carbocycles. The number of carbonyl (C=O) groups is 1. The molecule has 0 spiro atoms. The summed E-state index contributed by atoms with van der Waals surface area (Å²) >= 11 is 0. The van der Waals surface area contributed by atoms with Crippen LogP contribution >= 0.6 is 12.4 Å². The topological polar surface area (TPSA) is 72.5 Å². The Morgan fingerprint density at radius 3 is 2.69 bits per heavy atom. The van der Waals surface area contributed by atoms with E-state index in [-0.39, 0.29) is 23.9 Å². The lowest BCUT2D eigenvalue weighted by molar-refractivity contribution is -0.132. The molecule has 6 heteroatoms. The van der Waals surface area contributed by atoms with Crippen molar-refractivity contribution in [3.8, 4) is 11.5 Å². The average Bonchev–Trinajstić information content (AvgIpc) is 2.19. The van der Waals surface area contributed by atoms with Gasteiger partial charge in [-0.05, 0) is 17.7 Å². The minimum atomic E-state index is -0.776. The van der Waals surface area contributed by atoms with Gasteiger partial charge in [0.2, 0.25) is 0 Å². The number of alkyl halides is 1. The summed E-state index contributed by atoms with van der Waals surface area (Å²) in [5.41, 5.74) is 5.87. The predicted octanol–water partition coefficient (Wildman–Crippen LogP) is 1.71. The summed E-state index contributed by atoms with van der Waals surface area (Å²) in [5.74, 6) is -0.725. The Labute approximate surface area is 98.6 Å². The second-order valence-corrected chi connectivity index (χ2v) is 3.08. The fraction of sp³-hybridized carbons (Fsp3) is 0.300. The second-order valence-electron chi connectivity index (χ2n) is 3.08. The zero-order chi connectivity index (χ0) is 11.4. The number of rotatable bonds is 3. The molecule has 1 rings (SSSR count). The molecule has 0 aliphatic rings. The first-order valence-electron chi connectivity index (χ1n) is 4.37. The number of hydrogen-bond donors (Lipinski definition) is 2. The number of esters is 1. The summed E-state index contributed by atoms with van der Waals surface area (Å²) in [5, 5.41) is 9.43. The van der Waals surface area contributed by atoms with Gasteiger partial charge in [0.25, 0.3) is 0 Å². The van der Waals surface area contributed by atoms with Crippen LogP contribution < -0.4 is 10.5 Å². The van der Waals surface area contributed by atoms with E-state index in [1.54, 1.807) is 0 Å². The summed E-state index contributed by atoms with van der Waals surface area (Å²) < 4.78 is 16.9. The Kier molecular flexibility index (Phi) is 5.77. The summed E-state index contributed by atoms with van der Waals surface area (Å²) in [4.78, 5) is 10.6. The first-order chi connectivity index (χ1) is 7.04. The molecule has 0 bridgehead atoms. The number of halogens is 2. The van der Waals surface area contributed by atoms with Crippen LogP contribution in [-0.4, -0.2) is 17.8 Å². The molecule has 0 radical (unpaired) electrons. The van der Waals surface area contributed by atoms with Crippen molar-refractivity contribution in [3.05, 3.63) is 23.8 Å². The number of aromatic hydroxyl groups is 1. The van der Waals surface area contributed by atoms with Crippen LogP contribution in [0.4, 0.5) is 4.39 Å². The van der Waals surface area contributed by atoms with Crippen molar-refractivity contribution in [3.63, 3.8) is 0 Å². The zero-order valence-corrected chi connectivity index (χ0v) is 9.46. The number of phenols is 1. The first-order valence-corrected chi connectivity index (χ1v) is 4.37. The van der Waals surface area contributed by atoms with Gasteiger partial charge < -0.3 is 15.6 Å². The lowest BCUT2D eigenvalue weighted by atomic mass is 10.1. The van der Waals surface area contributed by atoms with E-state index in [0.717, 1.165) is 0 Å². The lowest BCUT2D eigenvalue weighted by Gasteiger charge is -2.10. The second kappa shape index (κ2) is 6.30. The molecule has 1 aromatic rings. The molecule has 90 valence electrons. The molecule has 3 N–H and O–H groups in total. The number of nitrogens with two attached hydrogens (primary N) is 1. The third kappa shape index (κ3) is 3.67. The number of ether oxygens (including phenoxy) is 1. The Morgan fingerprint density at radius 1 is 1.62 bits per heavy atom. The fourth-order valence-electron chi connectivity index (χ4n) is 1.10. The standard InChI is InChI=1S/C10H12FNO3.ClH/c1-6(13)15-10-3-2-7(4-9(10)14)8(12)5-11;/h2-4,8,14H,5,12H2,1H3;1H/t8-;/m0./s1. The molecular weight excluding hydrogens is 237 g/mol. The number of benzene rings is 1. The number of hydrogen-bond acceptors (Lipinski definition) is 4. The first kappa shape index (κ1) is 14.7. The molecule has 0 fully saturated rings. The third-order valence-corrected chi connectivity index (χ3v) is 1.83. The van der Waals surface area contributed by atoms with Crippen molar-refractivity contribution in [1.29, 1.82) is 0 Å². The van der Waals surface area contributed by atoms with E-state index in [1.165, 1.54) is 25.1 Å². The van der Waals surface area contributed by atoms with E-state index in [4.69, 9.17) is 5.73 Å². The smallest absolute Gasteiger partial charge is 0.308 e. The largest absolute Gasteiger partial charge is 0.504 e. The van der Waals surface area contributed by atoms with Crippen molar-refractivity contribution in [2.24, 2.45) is 5.73 Å². The van der Waals surface area contributed by atoms with Crippen LogP contribution in [0.2, 0.25) is 0 Å². The molecule has 0 aliphatic heterocycles. The summed E-state index contributed by atoms with van der Waals surface area (Å²) in [6.45, 7) is 0.507. The van der Waals surface area contributed by atoms with Crippen LogP contribution in [-0.2, 0) is 4.79 Å². The number of carbonyl (C=O) groups excluding carboxylic acids is 1. The third-order valence-electron chi connectivity index (χ3n) is 1.83. The van der Waals surface area contributed by atoms with Gasteiger partial charge in [0.15, 0.2) is 11.5 Å². The minimum absolute atomic E-state index is 0. The molecule has 0 saturated heterocycles. The normalized spacial score (nSPS) is 11.4. The molecule has 1 aromatic carbocycles. The van der Waals surface area contributed by atoms with Gasteiger partial charge in [0.05, 0.1) is 6.04 Å². The van der Waals surface area contributed by atoms with Crippen molar-refractivity contribution in [2.75, 3.05) is 6.67 Å². The predicted molar refractivity (Wildman–Crippen MR) is 59.6 cm³/mol. The van der Waals surface area contributed by atoms with E-state index in [2.05, 4.69) is 4.74 Å². The van der Waals surface area contributed by atoms with Crippen molar-refractivity contribution >= 4 is 18.4 Å². The monoisotopic (exact) mass is 249 g/mol. The molecule has 0 amide bonds. The number of phenolic OH excluding ortho intramolecular Hbond substituents is 1.